The van der Waals surface area contributed by atoms with Crippen LogP contribution in [0.5, 0.6) is 0 Å². The summed E-state index contributed by atoms with van der Waals surface area (Å²) in [7, 11) is 2.07. The largest absolute Gasteiger partial charge is 0.375 e. The van der Waals surface area contributed by atoms with Gasteiger partial charge in [-0.2, -0.15) is 0 Å². The Hall–Kier alpha value is -1.66. The number of aromatic nitrogens is 4. The lowest BCUT2D eigenvalue weighted by molar-refractivity contribution is -0.0791. The Morgan fingerprint density at radius 2 is 2.23 bits per heavy atom. The van der Waals surface area contributed by atoms with Crippen LogP contribution in [-0.4, -0.2) is 49.3 Å². The molecular weight excluding hydrogens is 278 g/mol. The van der Waals surface area contributed by atoms with Crippen molar-refractivity contribution in [1.82, 2.24) is 24.0 Å². The van der Waals surface area contributed by atoms with Crippen LogP contribution in [0.25, 0.3) is 0 Å². The molecule has 3 atom stereocenters. The third-order valence-electron chi connectivity index (χ3n) is 5.12. The molecule has 3 heterocycles. The van der Waals surface area contributed by atoms with Crippen molar-refractivity contribution < 1.29 is 4.74 Å². The molecule has 118 valence electrons. The van der Waals surface area contributed by atoms with Crippen LogP contribution in [-0.2, 0) is 24.9 Å². The number of fused-ring (bicyclic) bond motifs is 1. The van der Waals surface area contributed by atoms with Crippen LogP contribution in [0.4, 0.5) is 0 Å². The zero-order chi connectivity index (χ0) is 14.9. The number of imidazole rings is 2. The minimum Gasteiger partial charge on any atom is -0.375 e. The van der Waals surface area contributed by atoms with Crippen molar-refractivity contribution in [2.45, 2.75) is 38.1 Å². The van der Waals surface area contributed by atoms with Gasteiger partial charge >= 0.3 is 0 Å². The Balaban J connectivity index is 1.45. The quantitative estimate of drug-likeness (QED) is 0.854. The highest BCUT2D eigenvalue weighted by molar-refractivity contribution is 5.01. The lowest BCUT2D eigenvalue weighted by Crippen LogP contribution is -2.50. The zero-order valence-corrected chi connectivity index (χ0v) is 13.0. The summed E-state index contributed by atoms with van der Waals surface area (Å²) in [6.45, 7) is 3.84. The molecule has 0 N–H and O–H groups in total. The van der Waals surface area contributed by atoms with Gasteiger partial charge in [0, 0.05) is 57.2 Å². The van der Waals surface area contributed by atoms with Gasteiger partial charge in [0.15, 0.2) is 0 Å². The molecular formula is C16H23N5O. The van der Waals surface area contributed by atoms with Crippen molar-refractivity contribution in [3.05, 3.63) is 36.9 Å². The smallest absolute Gasteiger partial charge is 0.0946 e. The van der Waals surface area contributed by atoms with Gasteiger partial charge in [-0.1, -0.05) is 0 Å². The maximum absolute atomic E-state index is 6.15. The molecule has 22 heavy (non-hydrogen) atoms. The van der Waals surface area contributed by atoms with E-state index in [2.05, 4.69) is 31.0 Å². The van der Waals surface area contributed by atoms with Crippen molar-refractivity contribution >= 4 is 0 Å². The molecule has 2 aromatic heterocycles. The summed E-state index contributed by atoms with van der Waals surface area (Å²) in [6, 6.07) is 0.539. The standard InChI is InChI=1S/C16H23N5O/c1-19-11-18-8-14(19)10-21-6-7-22-16-13(2-3-15(16)21)9-20-5-4-17-12-20/h4-5,8,11-13,15-16H,2-3,6-7,9-10H2,1H3. The molecule has 1 aliphatic heterocycles. The van der Waals surface area contributed by atoms with E-state index in [-0.39, 0.29) is 0 Å². The van der Waals surface area contributed by atoms with Crippen molar-refractivity contribution in [1.29, 1.82) is 0 Å². The molecule has 0 bridgehead atoms. The van der Waals surface area contributed by atoms with Crippen molar-refractivity contribution in [3.63, 3.8) is 0 Å². The number of morpholine rings is 1. The van der Waals surface area contributed by atoms with E-state index in [4.69, 9.17) is 4.74 Å². The second-order valence-corrected chi connectivity index (χ2v) is 6.47. The first kappa shape index (κ1) is 14.0. The summed E-state index contributed by atoms with van der Waals surface area (Å²) in [5.74, 6) is 0.591. The molecule has 6 heteroatoms. The number of nitrogens with zero attached hydrogens (tertiary/aromatic N) is 5. The van der Waals surface area contributed by atoms with Crippen LogP contribution in [0.15, 0.2) is 31.2 Å². The number of ether oxygens (including phenoxy) is 1. The summed E-state index contributed by atoms with van der Waals surface area (Å²) >= 11 is 0. The first-order chi connectivity index (χ1) is 10.8. The van der Waals surface area contributed by atoms with E-state index in [0.29, 0.717) is 18.1 Å². The maximum atomic E-state index is 6.15. The lowest BCUT2D eigenvalue weighted by Gasteiger charge is -2.39. The lowest BCUT2D eigenvalue weighted by atomic mass is 10.0. The van der Waals surface area contributed by atoms with E-state index < -0.39 is 0 Å². The van der Waals surface area contributed by atoms with E-state index >= 15 is 0 Å². The average Bonchev–Trinajstić information content (AvgIpc) is 3.24. The van der Waals surface area contributed by atoms with E-state index in [1.54, 1.807) is 0 Å². The Labute approximate surface area is 130 Å². The molecule has 2 aliphatic rings. The Bertz CT molecular complexity index is 608. The van der Waals surface area contributed by atoms with Gasteiger partial charge in [-0.05, 0) is 12.8 Å². The zero-order valence-electron chi connectivity index (χ0n) is 13.0. The third-order valence-corrected chi connectivity index (χ3v) is 5.12. The third kappa shape index (κ3) is 2.57. The van der Waals surface area contributed by atoms with E-state index in [1.807, 2.05) is 31.2 Å². The first-order valence-electron chi connectivity index (χ1n) is 8.08. The molecule has 4 rings (SSSR count). The van der Waals surface area contributed by atoms with Gasteiger partial charge in [0.2, 0.25) is 0 Å². The Morgan fingerprint density at radius 3 is 3.00 bits per heavy atom. The van der Waals surface area contributed by atoms with E-state index in [9.17, 15) is 0 Å². The number of hydrogen-bond acceptors (Lipinski definition) is 4. The highest BCUT2D eigenvalue weighted by atomic mass is 16.5. The Kier molecular flexibility index (Phi) is 3.72. The summed E-state index contributed by atoms with van der Waals surface area (Å²) in [5.41, 5.74) is 1.28. The molecule has 0 aromatic carbocycles. The van der Waals surface area contributed by atoms with Crippen LogP contribution in [0.2, 0.25) is 0 Å². The van der Waals surface area contributed by atoms with Gasteiger partial charge in [0.1, 0.15) is 0 Å². The van der Waals surface area contributed by atoms with Crippen LogP contribution < -0.4 is 0 Å². The van der Waals surface area contributed by atoms with Crippen LogP contribution in [0, 0.1) is 5.92 Å². The molecule has 2 aromatic rings. The summed E-state index contributed by atoms with van der Waals surface area (Å²) in [4.78, 5) is 11.0. The number of hydrogen-bond donors (Lipinski definition) is 0. The topological polar surface area (TPSA) is 48.1 Å². The summed E-state index contributed by atoms with van der Waals surface area (Å²) in [5, 5.41) is 0. The predicted octanol–water partition coefficient (Wildman–Crippen LogP) is 1.30. The minimum atomic E-state index is 0.351. The predicted molar refractivity (Wildman–Crippen MR) is 82.1 cm³/mol. The van der Waals surface area contributed by atoms with Gasteiger partial charge < -0.3 is 13.9 Å². The van der Waals surface area contributed by atoms with Crippen molar-refractivity contribution in [3.8, 4) is 0 Å². The van der Waals surface area contributed by atoms with E-state index in [1.165, 1.54) is 18.5 Å². The second-order valence-electron chi connectivity index (χ2n) is 6.47. The highest BCUT2D eigenvalue weighted by Gasteiger charge is 2.42. The molecule has 0 radical (unpaired) electrons. The summed E-state index contributed by atoms with van der Waals surface area (Å²) < 4.78 is 10.4. The fourth-order valence-corrected chi connectivity index (χ4v) is 3.94. The molecule has 3 unspecified atom stereocenters. The fraction of sp³-hybridized carbons (Fsp3) is 0.625. The average molecular weight is 301 g/mol. The first-order valence-corrected chi connectivity index (χ1v) is 8.08. The van der Waals surface area contributed by atoms with Gasteiger partial charge in [-0.3, -0.25) is 4.90 Å². The van der Waals surface area contributed by atoms with Gasteiger partial charge in [-0.15, -0.1) is 0 Å². The highest BCUT2D eigenvalue weighted by Crippen LogP contribution is 2.36. The summed E-state index contributed by atoms with van der Waals surface area (Å²) in [6.07, 6.45) is 12.5. The number of aryl methyl sites for hydroxylation is 1. The molecule has 0 amide bonds. The molecule has 1 aliphatic carbocycles. The van der Waals surface area contributed by atoms with Gasteiger partial charge in [0.05, 0.1) is 31.1 Å². The van der Waals surface area contributed by atoms with Crippen molar-refractivity contribution in [2.75, 3.05) is 13.2 Å². The SMILES string of the molecule is Cn1cncc1CN1CCOC2C(Cn3ccnc3)CCC21. The molecule has 1 saturated carbocycles. The van der Waals surface area contributed by atoms with E-state index in [0.717, 1.165) is 26.2 Å². The molecule has 1 saturated heterocycles. The fourth-order valence-electron chi connectivity index (χ4n) is 3.94. The molecule has 0 spiro atoms. The van der Waals surface area contributed by atoms with Gasteiger partial charge in [-0.25, -0.2) is 9.97 Å². The van der Waals surface area contributed by atoms with Crippen LogP contribution >= 0.6 is 0 Å². The second kappa shape index (κ2) is 5.85. The molecule has 2 fully saturated rings. The minimum absolute atomic E-state index is 0.351. The molecule has 6 nitrogen and oxygen atoms in total. The van der Waals surface area contributed by atoms with Crippen molar-refractivity contribution in [2.24, 2.45) is 13.0 Å². The van der Waals surface area contributed by atoms with Gasteiger partial charge in [0.25, 0.3) is 0 Å². The monoisotopic (exact) mass is 301 g/mol. The Morgan fingerprint density at radius 1 is 1.27 bits per heavy atom. The van der Waals surface area contributed by atoms with Crippen LogP contribution in [0.3, 0.4) is 0 Å². The normalized spacial score (nSPS) is 28.9. The maximum Gasteiger partial charge on any atom is 0.0946 e. The van der Waals surface area contributed by atoms with Crippen LogP contribution in [0.1, 0.15) is 18.5 Å². The number of rotatable bonds is 4.